The largest absolute Gasteiger partial charge is 0.312 e. The van der Waals surface area contributed by atoms with Gasteiger partial charge in [-0.05, 0) is 17.7 Å². The van der Waals surface area contributed by atoms with E-state index in [1.165, 1.54) is 11.1 Å². The average Bonchev–Trinajstić information content (AvgIpc) is 2.38. The second-order valence-corrected chi connectivity index (χ2v) is 4.67. The third-order valence-electron chi connectivity index (χ3n) is 3.51. The molecular formula is C15H22N2. The van der Waals surface area contributed by atoms with Crippen LogP contribution in [0.5, 0.6) is 0 Å². The van der Waals surface area contributed by atoms with E-state index in [9.17, 15) is 0 Å². The summed E-state index contributed by atoms with van der Waals surface area (Å²) < 4.78 is 0. The van der Waals surface area contributed by atoms with Gasteiger partial charge >= 0.3 is 0 Å². The standard InChI is InChI=1S/C15H22N2/c1-3-9-17(4-2)12-14-11-16-10-13-7-5-6-8-15(13)14/h3,5-8,14,16H,1,4,9-12H2,2H3. The molecule has 1 atom stereocenters. The minimum Gasteiger partial charge on any atom is -0.312 e. The summed E-state index contributed by atoms with van der Waals surface area (Å²) in [4.78, 5) is 2.45. The van der Waals surface area contributed by atoms with Crippen molar-refractivity contribution in [1.29, 1.82) is 0 Å². The van der Waals surface area contributed by atoms with Gasteiger partial charge in [0, 0.05) is 32.1 Å². The van der Waals surface area contributed by atoms with Crippen molar-refractivity contribution in [2.75, 3.05) is 26.2 Å². The molecule has 1 N–H and O–H groups in total. The van der Waals surface area contributed by atoms with Gasteiger partial charge in [-0.15, -0.1) is 6.58 Å². The fourth-order valence-electron chi connectivity index (χ4n) is 2.57. The first-order valence-corrected chi connectivity index (χ1v) is 6.47. The summed E-state index contributed by atoms with van der Waals surface area (Å²) in [6.45, 7) is 11.3. The van der Waals surface area contributed by atoms with Gasteiger partial charge < -0.3 is 5.32 Å². The van der Waals surface area contributed by atoms with Gasteiger partial charge in [-0.3, -0.25) is 4.90 Å². The summed E-state index contributed by atoms with van der Waals surface area (Å²) in [6, 6.07) is 8.80. The monoisotopic (exact) mass is 230 g/mol. The summed E-state index contributed by atoms with van der Waals surface area (Å²) in [5.41, 5.74) is 2.98. The van der Waals surface area contributed by atoms with Gasteiger partial charge in [0.2, 0.25) is 0 Å². The first-order chi connectivity index (χ1) is 8.35. The summed E-state index contributed by atoms with van der Waals surface area (Å²) in [6.07, 6.45) is 1.99. The van der Waals surface area contributed by atoms with E-state index in [1.807, 2.05) is 6.08 Å². The molecule has 1 aliphatic heterocycles. The Morgan fingerprint density at radius 3 is 3.06 bits per heavy atom. The molecular weight excluding hydrogens is 208 g/mol. The lowest BCUT2D eigenvalue weighted by molar-refractivity contribution is 0.287. The number of likely N-dealkylation sites (N-methyl/N-ethyl adjacent to an activating group) is 1. The van der Waals surface area contributed by atoms with Gasteiger partial charge in [-0.25, -0.2) is 0 Å². The van der Waals surface area contributed by atoms with E-state index in [4.69, 9.17) is 0 Å². The van der Waals surface area contributed by atoms with Crippen LogP contribution in [0, 0.1) is 0 Å². The van der Waals surface area contributed by atoms with E-state index < -0.39 is 0 Å². The van der Waals surface area contributed by atoms with Gasteiger partial charge in [-0.1, -0.05) is 37.3 Å². The number of rotatable bonds is 5. The molecule has 0 aliphatic carbocycles. The van der Waals surface area contributed by atoms with Gasteiger partial charge in [0.1, 0.15) is 0 Å². The summed E-state index contributed by atoms with van der Waals surface area (Å²) >= 11 is 0. The quantitative estimate of drug-likeness (QED) is 0.781. The normalized spacial score (nSPS) is 19.1. The van der Waals surface area contributed by atoms with Crippen molar-refractivity contribution < 1.29 is 0 Å². The van der Waals surface area contributed by atoms with E-state index in [2.05, 4.69) is 48.0 Å². The molecule has 0 saturated carbocycles. The fourth-order valence-corrected chi connectivity index (χ4v) is 2.57. The Hall–Kier alpha value is -1.12. The Morgan fingerprint density at radius 2 is 2.29 bits per heavy atom. The molecule has 1 aliphatic rings. The molecule has 0 fully saturated rings. The highest BCUT2D eigenvalue weighted by Crippen LogP contribution is 2.24. The third-order valence-corrected chi connectivity index (χ3v) is 3.51. The predicted octanol–water partition coefficient (Wildman–Crippen LogP) is 2.38. The Bertz CT molecular complexity index is 373. The van der Waals surface area contributed by atoms with E-state index in [0.717, 1.165) is 32.7 Å². The van der Waals surface area contributed by atoms with Crippen LogP contribution in [0.15, 0.2) is 36.9 Å². The van der Waals surface area contributed by atoms with Crippen molar-refractivity contribution in [2.45, 2.75) is 19.4 Å². The maximum Gasteiger partial charge on any atom is 0.0208 e. The molecule has 0 aromatic heterocycles. The molecule has 0 bridgehead atoms. The predicted molar refractivity (Wildman–Crippen MR) is 73.2 cm³/mol. The fraction of sp³-hybridized carbons (Fsp3) is 0.467. The average molecular weight is 230 g/mol. The maximum atomic E-state index is 3.83. The zero-order valence-corrected chi connectivity index (χ0v) is 10.7. The molecule has 2 heteroatoms. The lowest BCUT2D eigenvalue weighted by Gasteiger charge is -2.30. The first-order valence-electron chi connectivity index (χ1n) is 6.47. The smallest absolute Gasteiger partial charge is 0.0208 e. The Morgan fingerprint density at radius 1 is 1.47 bits per heavy atom. The molecule has 0 saturated heterocycles. The number of fused-ring (bicyclic) bond motifs is 1. The van der Waals surface area contributed by atoms with E-state index in [0.29, 0.717) is 5.92 Å². The molecule has 1 aromatic carbocycles. The van der Waals surface area contributed by atoms with Gasteiger partial charge in [0.15, 0.2) is 0 Å². The van der Waals surface area contributed by atoms with Crippen LogP contribution in [-0.2, 0) is 6.54 Å². The molecule has 92 valence electrons. The number of nitrogens with one attached hydrogen (secondary N) is 1. The second-order valence-electron chi connectivity index (χ2n) is 4.67. The summed E-state index contributed by atoms with van der Waals surface area (Å²) in [5.74, 6) is 0.611. The van der Waals surface area contributed by atoms with E-state index in [1.54, 1.807) is 0 Å². The summed E-state index contributed by atoms with van der Waals surface area (Å²) in [7, 11) is 0. The SMILES string of the molecule is C=CCN(CC)CC1CNCc2ccccc21. The zero-order chi connectivity index (χ0) is 12.1. The third kappa shape index (κ3) is 2.96. The van der Waals surface area contributed by atoms with Crippen molar-refractivity contribution in [3.8, 4) is 0 Å². The van der Waals surface area contributed by atoms with Crippen molar-refractivity contribution in [1.82, 2.24) is 10.2 Å². The Labute approximate surface area is 104 Å². The molecule has 2 rings (SSSR count). The highest BCUT2D eigenvalue weighted by molar-refractivity contribution is 5.32. The highest BCUT2D eigenvalue weighted by Gasteiger charge is 2.20. The van der Waals surface area contributed by atoms with Crippen LogP contribution in [-0.4, -0.2) is 31.1 Å². The van der Waals surface area contributed by atoms with Gasteiger partial charge in [0.05, 0.1) is 0 Å². The van der Waals surface area contributed by atoms with Crippen molar-refractivity contribution in [3.05, 3.63) is 48.0 Å². The Balaban J connectivity index is 2.09. The van der Waals surface area contributed by atoms with Crippen LogP contribution < -0.4 is 5.32 Å². The topological polar surface area (TPSA) is 15.3 Å². The van der Waals surface area contributed by atoms with Crippen LogP contribution in [0.25, 0.3) is 0 Å². The number of hydrogen-bond donors (Lipinski definition) is 1. The molecule has 0 spiro atoms. The minimum atomic E-state index is 0.611. The maximum absolute atomic E-state index is 3.83. The molecule has 2 nitrogen and oxygen atoms in total. The van der Waals surface area contributed by atoms with Crippen LogP contribution in [0.1, 0.15) is 24.0 Å². The van der Waals surface area contributed by atoms with Crippen molar-refractivity contribution >= 4 is 0 Å². The zero-order valence-electron chi connectivity index (χ0n) is 10.7. The van der Waals surface area contributed by atoms with Gasteiger partial charge in [-0.2, -0.15) is 0 Å². The van der Waals surface area contributed by atoms with Crippen molar-refractivity contribution in [2.24, 2.45) is 0 Å². The second kappa shape index (κ2) is 5.99. The number of hydrogen-bond acceptors (Lipinski definition) is 2. The molecule has 1 aromatic rings. The van der Waals surface area contributed by atoms with E-state index >= 15 is 0 Å². The molecule has 1 unspecified atom stereocenters. The van der Waals surface area contributed by atoms with Crippen LogP contribution in [0.3, 0.4) is 0 Å². The summed E-state index contributed by atoms with van der Waals surface area (Å²) in [5, 5.41) is 3.51. The molecule has 0 radical (unpaired) electrons. The van der Waals surface area contributed by atoms with Gasteiger partial charge in [0.25, 0.3) is 0 Å². The molecule has 17 heavy (non-hydrogen) atoms. The molecule has 1 heterocycles. The lowest BCUT2D eigenvalue weighted by atomic mass is 9.90. The lowest BCUT2D eigenvalue weighted by Crippen LogP contribution is -2.36. The number of nitrogens with zero attached hydrogens (tertiary/aromatic N) is 1. The minimum absolute atomic E-state index is 0.611. The van der Waals surface area contributed by atoms with Crippen LogP contribution in [0.4, 0.5) is 0 Å². The number of benzene rings is 1. The Kier molecular flexibility index (Phi) is 4.35. The first kappa shape index (κ1) is 12.3. The molecule has 0 amide bonds. The van der Waals surface area contributed by atoms with E-state index in [-0.39, 0.29) is 0 Å². The van der Waals surface area contributed by atoms with Crippen LogP contribution in [0.2, 0.25) is 0 Å². The van der Waals surface area contributed by atoms with Crippen LogP contribution >= 0.6 is 0 Å². The van der Waals surface area contributed by atoms with Crippen molar-refractivity contribution in [3.63, 3.8) is 0 Å². The highest BCUT2D eigenvalue weighted by atomic mass is 15.1.